The molecule has 5 nitrogen and oxygen atoms in total. The zero-order valence-electron chi connectivity index (χ0n) is 18.6. The van der Waals surface area contributed by atoms with Crippen LogP contribution in [0.15, 0.2) is 70.0 Å². The number of hydrogen-bond donors (Lipinski definition) is 0. The smallest absolute Gasteiger partial charge is 0.293 e. The van der Waals surface area contributed by atoms with Crippen molar-refractivity contribution in [2.45, 2.75) is 20.1 Å². The molecule has 4 rings (SSSR count). The molecular weight excluding hydrogens is 573 g/mol. The van der Waals surface area contributed by atoms with E-state index in [9.17, 15) is 9.59 Å². The van der Waals surface area contributed by atoms with Crippen LogP contribution in [0.3, 0.4) is 0 Å². The average Bonchev–Trinajstić information content (AvgIpc) is 3.08. The molecule has 0 bridgehead atoms. The van der Waals surface area contributed by atoms with Gasteiger partial charge in [-0.1, -0.05) is 59.6 Å². The molecule has 0 atom stereocenters. The van der Waals surface area contributed by atoms with Gasteiger partial charge in [-0.3, -0.25) is 14.5 Å². The van der Waals surface area contributed by atoms with Gasteiger partial charge in [-0.25, -0.2) is 0 Å². The van der Waals surface area contributed by atoms with E-state index in [1.165, 1.54) is 4.90 Å². The summed E-state index contributed by atoms with van der Waals surface area (Å²) < 4.78 is 12.5. The van der Waals surface area contributed by atoms with Crippen molar-refractivity contribution in [3.05, 3.63) is 96.8 Å². The Morgan fingerprint density at radius 1 is 1.03 bits per heavy atom. The van der Waals surface area contributed by atoms with E-state index in [1.54, 1.807) is 30.3 Å². The van der Waals surface area contributed by atoms with Crippen LogP contribution < -0.4 is 9.47 Å². The second kappa shape index (κ2) is 11.5. The van der Waals surface area contributed by atoms with Crippen LogP contribution in [-0.2, 0) is 17.9 Å². The molecule has 3 aromatic rings. The molecule has 0 spiro atoms. The normalized spacial score (nSPS) is 14.6. The lowest BCUT2D eigenvalue weighted by molar-refractivity contribution is -0.123. The fourth-order valence-corrected chi connectivity index (χ4v) is 5.29. The Morgan fingerprint density at radius 2 is 1.80 bits per heavy atom. The van der Waals surface area contributed by atoms with Crippen molar-refractivity contribution in [3.8, 4) is 11.5 Å². The third-order valence-corrected chi connectivity index (χ3v) is 7.16. The third-order valence-electron chi connectivity index (χ3n) is 5.07. The van der Waals surface area contributed by atoms with Crippen LogP contribution in [0, 0.1) is 0 Å². The molecule has 0 unspecified atom stereocenters. The van der Waals surface area contributed by atoms with E-state index in [0.717, 1.165) is 17.3 Å². The topological polar surface area (TPSA) is 55.8 Å². The second-order valence-corrected chi connectivity index (χ2v) is 10.2. The molecule has 9 heteroatoms. The van der Waals surface area contributed by atoms with Crippen LogP contribution >= 0.6 is 50.9 Å². The number of ether oxygens (including phenoxy) is 2. The summed E-state index contributed by atoms with van der Waals surface area (Å²) in [6.07, 6.45) is 1.67. The van der Waals surface area contributed by atoms with Crippen molar-refractivity contribution in [2.24, 2.45) is 0 Å². The van der Waals surface area contributed by atoms with Crippen molar-refractivity contribution in [3.63, 3.8) is 0 Å². The fourth-order valence-electron chi connectivity index (χ4n) is 3.41. The molecule has 0 saturated carbocycles. The highest BCUT2D eigenvalue weighted by atomic mass is 79.9. The van der Waals surface area contributed by atoms with E-state index in [0.29, 0.717) is 55.3 Å². The highest BCUT2D eigenvalue weighted by molar-refractivity contribution is 9.10. The number of amides is 2. The molecule has 0 radical (unpaired) electrons. The first kappa shape index (κ1) is 25.6. The van der Waals surface area contributed by atoms with E-state index in [2.05, 4.69) is 15.9 Å². The summed E-state index contributed by atoms with van der Waals surface area (Å²) in [7, 11) is 0. The largest absolute Gasteiger partial charge is 0.490 e. The van der Waals surface area contributed by atoms with Gasteiger partial charge in [-0.05, 0) is 81.6 Å². The molecule has 0 N–H and O–H groups in total. The Morgan fingerprint density at radius 3 is 2.51 bits per heavy atom. The molecular formula is C26H20BrCl2NO4S. The average molecular weight is 593 g/mol. The fraction of sp³-hybridized carbons (Fsp3) is 0.154. The Hall–Kier alpha value is -2.45. The SMILES string of the molecule is CCOc1cc(/C=C2\SC(=O)N(Cc3ccc(Cl)cc3Cl)C2=O)cc(Br)c1OCc1ccccc1. The van der Waals surface area contributed by atoms with Gasteiger partial charge in [0.1, 0.15) is 6.61 Å². The summed E-state index contributed by atoms with van der Waals surface area (Å²) in [5.74, 6) is 0.721. The van der Waals surface area contributed by atoms with E-state index in [-0.39, 0.29) is 17.7 Å². The molecule has 1 aliphatic rings. The Balaban J connectivity index is 1.56. The van der Waals surface area contributed by atoms with Crippen LogP contribution in [0.2, 0.25) is 10.0 Å². The minimum absolute atomic E-state index is 0.0676. The third kappa shape index (κ3) is 6.22. The van der Waals surface area contributed by atoms with E-state index >= 15 is 0 Å². The van der Waals surface area contributed by atoms with Gasteiger partial charge >= 0.3 is 0 Å². The number of rotatable bonds is 8. The second-order valence-electron chi connectivity index (χ2n) is 7.54. The number of hydrogen-bond acceptors (Lipinski definition) is 5. The molecule has 3 aromatic carbocycles. The summed E-state index contributed by atoms with van der Waals surface area (Å²) in [4.78, 5) is 27.1. The highest BCUT2D eigenvalue weighted by Crippen LogP contribution is 2.40. The molecule has 35 heavy (non-hydrogen) atoms. The van der Waals surface area contributed by atoms with Crippen molar-refractivity contribution < 1.29 is 19.1 Å². The Bertz CT molecular complexity index is 1300. The molecule has 0 aliphatic carbocycles. The summed E-state index contributed by atoms with van der Waals surface area (Å²) >= 11 is 16.6. The number of nitrogens with zero attached hydrogens (tertiary/aromatic N) is 1. The molecule has 1 saturated heterocycles. The van der Waals surface area contributed by atoms with Gasteiger partial charge in [0.25, 0.3) is 11.1 Å². The number of imide groups is 1. The summed E-state index contributed by atoms with van der Waals surface area (Å²) in [5, 5.41) is 0.524. The monoisotopic (exact) mass is 591 g/mol. The maximum Gasteiger partial charge on any atom is 0.293 e. The van der Waals surface area contributed by atoms with Gasteiger partial charge in [0.2, 0.25) is 0 Å². The van der Waals surface area contributed by atoms with Gasteiger partial charge in [0, 0.05) is 10.0 Å². The zero-order chi connectivity index (χ0) is 24.9. The summed E-state index contributed by atoms with van der Waals surface area (Å²) in [5.41, 5.74) is 2.36. The first-order chi connectivity index (χ1) is 16.9. The lowest BCUT2D eigenvalue weighted by atomic mass is 10.1. The predicted molar refractivity (Wildman–Crippen MR) is 144 cm³/mol. The van der Waals surface area contributed by atoms with Gasteiger partial charge in [-0.2, -0.15) is 0 Å². The van der Waals surface area contributed by atoms with Crippen molar-refractivity contribution in [1.82, 2.24) is 4.90 Å². The van der Waals surface area contributed by atoms with Crippen LogP contribution in [0.1, 0.15) is 23.6 Å². The highest BCUT2D eigenvalue weighted by Gasteiger charge is 2.35. The molecule has 1 aliphatic heterocycles. The lowest BCUT2D eigenvalue weighted by Gasteiger charge is -2.15. The number of carbonyl (C=O) groups is 2. The van der Waals surface area contributed by atoms with Crippen LogP contribution in [0.5, 0.6) is 11.5 Å². The molecule has 1 fully saturated rings. The predicted octanol–water partition coefficient (Wildman–Crippen LogP) is 7.97. The zero-order valence-corrected chi connectivity index (χ0v) is 22.5. The molecule has 1 heterocycles. The maximum atomic E-state index is 13.0. The number of thioether (sulfide) groups is 1. The molecule has 0 aromatic heterocycles. The number of halogens is 3. The van der Waals surface area contributed by atoms with E-state index in [1.807, 2.05) is 43.3 Å². The van der Waals surface area contributed by atoms with Crippen molar-refractivity contribution >= 4 is 68.1 Å². The summed E-state index contributed by atoms with van der Waals surface area (Å²) in [6, 6.07) is 18.4. The number of carbonyl (C=O) groups excluding carboxylic acids is 2. The quantitative estimate of drug-likeness (QED) is 0.248. The minimum atomic E-state index is -0.385. The van der Waals surface area contributed by atoms with Crippen LogP contribution in [-0.4, -0.2) is 22.7 Å². The first-order valence-electron chi connectivity index (χ1n) is 10.7. The Kier molecular flexibility index (Phi) is 8.44. The van der Waals surface area contributed by atoms with Crippen molar-refractivity contribution in [2.75, 3.05) is 6.61 Å². The lowest BCUT2D eigenvalue weighted by Crippen LogP contribution is -2.27. The first-order valence-corrected chi connectivity index (χ1v) is 13.0. The maximum absolute atomic E-state index is 13.0. The van der Waals surface area contributed by atoms with Gasteiger partial charge in [0.15, 0.2) is 11.5 Å². The van der Waals surface area contributed by atoms with E-state index in [4.69, 9.17) is 32.7 Å². The Labute approximate surface area is 226 Å². The molecule has 180 valence electrons. The van der Waals surface area contributed by atoms with Gasteiger partial charge < -0.3 is 9.47 Å². The van der Waals surface area contributed by atoms with E-state index < -0.39 is 0 Å². The van der Waals surface area contributed by atoms with Gasteiger partial charge in [-0.15, -0.1) is 0 Å². The summed E-state index contributed by atoms with van der Waals surface area (Å²) in [6.45, 7) is 2.77. The van der Waals surface area contributed by atoms with Crippen LogP contribution in [0.25, 0.3) is 6.08 Å². The minimum Gasteiger partial charge on any atom is -0.490 e. The molecule has 2 amide bonds. The van der Waals surface area contributed by atoms with Crippen LogP contribution in [0.4, 0.5) is 4.79 Å². The number of benzene rings is 3. The van der Waals surface area contributed by atoms with Crippen molar-refractivity contribution in [1.29, 1.82) is 0 Å². The van der Waals surface area contributed by atoms with Gasteiger partial charge in [0.05, 0.1) is 22.5 Å². The standard InChI is InChI=1S/C26H20BrCl2NO4S/c1-2-33-22-11-17(10-20(27)24(22)34-15-16-6-4-3-5-7-16)12-23-25(31)30(26(32)35-23)14-18-8-9-19(28)13-21(18)29/h3-13H,2,14-15H2,1H3/b23-12-.